The lowest BCUT2D eigenvalue weighted by atomic mass is 10.00. The molecule has 0 amide bonds. The molecule has 4 nitrogen and oxygen atoms in total. The van der Waals surface area contributed by atoms with Crippen molar-refractivity contribution < 1.29 is 13.5 Å². The molecule has 0 bridgehead atoms. The van der Waals surface area contributed by atoms with E-state index in [1.165, 1.54) is 6.42 Å². The van der Waals surface area contributed by atoms with E-state index < -0.39 is 9.84 Å². The molecule has 0 aromatic carbocycles. The highest BCUT2D eigenvalue weighted by atomic mass is 32.2. The lowest BCUT2D eigenvalue weighted by Gasteiger charge is -2.35. The second-order valence-electron chi connectivity index (χ2n) is 4.43. The molecule has 1 rings (SSSR count). The quantitative estimate of drug-likeness (QED) is 0.751. The Bertz CT molecular complexity index is 288. The molecule has 1 unspecified atom stereocenters. The number of rotatable bonds is 6. The van der Waals surface area contributed by atoms with Gasteiger partial charge in [0.1, 0.15) is 0 Å². The average Bonchev–Trinajstić information content (AvgIpc) is 2.28. The first-order valence-corrected chi connectivity index (χ1v) is 7.96. The SMILES string of the molecule is CCS(=O)(=O)CCN1CCCCC1CCO. The summed E-state index contributed by atoms with van der Waals surface area (Å²) in [4.78, 5) is 2.23. The third-order valence-electron chi connectivity index (χ3n) is 3.34. The van der Waals surface area contributed by atoms with Crippen molar-refractivity contribution in [1.29, 1.82) is 0 Å². The van der Waals surface area contributed by atoms with Crippen LogP contribution in [0.1, 0.15) is 32.6 Å². The van der Waals surface area contributed by atoms with Gasteiger partial charge < -0.3 is 5.11 Å². The number of likely N-dealkylation sites (tertiary alicyclic amines) is 1. The standard InChI is InChI=1S/C11H23NO3S/c1-2-16(14,15)10-8-12-7-4-3-5-11(12)6-9-13/h11,13H,2-10H2,1H3. The van der Waals surface area contributed by atoms with Crippen LogP contribution >= 0.6 is 0 Å². The van der Waals surface area contributed by atoms with Crippen LogP contribution in [-0.4, -0.2) is 55.7 Å². The fourth-order valence-electron chi connectivity index (χ4n) is 2.23. The van der Waals surface area contributed by atoms with E-state index in [1.54, 1.807) is 6.92 Å². The maximum atomic E-state index is 11.4. The molecular weight excluding hydrogens is 226 g/mol. The number of aliphatic hydroxyl groups excluding tert-OH is 1. The highest BCUT2D eigenvalue weighted by molar-refractivity contribution is 7.91. The predicted octanol–water partition coefficient (Wildman–Crippen LogP) is 0.658. The Morgan fingerprint density at radius 1 is 1.38 bits per heavy atom. The fraction of sp³-hybridized carbons (Fsp3) is 1.00. The van der Waals surface area contributed by atoms with Gasteiger partial charge >= 0.3 is 0 Å². The van der Waals surface area contributed by atoms with Gasteiger partial charge in [0.15, 0.2) is 9.84 Å². The second kappa shape index (κ2) is 6.57. The van der Waals surface area contributed by atoms with Crippen molar-refractivity contribution in [2.75, 3.05) is 31.2 Å². The molecule has 1 fully saturated rings. The molecule has 1 atom stereocenters. The van der Waals surface area contributed by atoms with E-state index in [0.29, 0.717) is 12.6 Å². The summed E-state index contributed by atoms with van der Waals surface area (Å²) < 4.78 is 22.9. The first kappa shape index (κ1) is 13.9. The monoisotopic (exact) mass is 249 g/mol. The number of nitrogens with zero attached hydrogens (tertiary/aromatic N) is 1. The summed E-state index contributed by atoms with van der Waals surface area (Å²) >= 11 is 0. The summed E-state index contributed by atoms with van der Waals surface area (Å²) in [6, 6.07) is 0.380. The fourth-order valence-corrected chi connectivity index (χ4v) is 3.03. The molecule has 1 heterocycles. The van der Waals surface area contributed by atoms with Crippen molar-refractivity contribution >= 4 is 9.84 Å². The Balaban J connectivity index is 2.43. The minimum absolute atomic E-state index is 0.196. The summed E-state index contributed by atoms with van der Waals surface area (Å²) in [7, 11) is -2.86. The molecule has 1 N–H and O–H groups in total. The summed E-state index contributed by atoms with van der Waals surface area (Å²) in [5, 5.41) is 8.97. The van der Waals surface area contributed by atoms with Crippen LogP contribution < -0.4 is 0 Å². The second-order valence-corrected chi connectivity index (χ2v) is 6.91. The van der Waals surface area contributed by atoms with Crippen LogP contribution in [-0.2, 0) is 9.84 Å². The van der Waals surface area contributed by atoms with E-state index in [-0.39, 0.29) is 18.1 Å². The van der Waals surface area contributed by atoms with Crippen LogP contribution in [0.25, 0.3) is 0 Å². The number of sulfone groups is 1. The molecule has 0 spiro atoms. The Labute approximate surface area is 98.6 Å². The van der Waals surface area contributed by atoms with Crippen molar-refractivity contribution in [3.05, 3.63) is 0 Å². The van der Waals surface area contributed by atoms with Crippen LogP contribution in [0, 0.1) is 0 Å². The number of piperidine rings is 1. The molecule has 0 aromatic rings. The van der Waals surface area contributed by atoms with Crippen LogP contribution in [0.15, 0.2) is 0 Å². The van der Waals surface area contributed by atoms with Crippen molar-refractivity contribution in [1.82, 2.24) is 4.90 Å². The summed E-state index contributed by atoms with van der Waals surface area (Å²) in [5.74, 6) is 0.483. The molecule has 1 aliphatic rings. The van der Waals surface area contributed by atoms with E-state index in [4.69, 9.17) is 5.11 Å². The van der Waals surface area contributed by atoms with Gasteiger partial charge in [0.05, 0.1) is 5.75 Å². The minimum atomic E-state index is -2.86. The van der Waals surface area contributed by atoms with Gasteiger partial charge in [-0.1, -0.05) is 13.3 Å². The van der Waals surface area contributed by atoms with Crippen LogP contribution in [0.4, 0.5) is 0 Å². The molecule has 0 radical (unpaired) electrons. The molecule has 0 aliphatic carbocycles. The normalized spacial score (nSPS) is 23.5. The third kappa shape index (κ3) is 4.39. The molecule has 5 heteroatoms. The van der Waals surface area contributed by atoms with Gasteiger partial charge in [0.25, 0.3) is 0 Å². The third-order valence-corrected chi connectivity index (χ3v) is 5.02. The maximum absolute atomic E-state index is 11.4. The van der Waals surface area contributed by atoms with Crippen LogP contribution in [0.5, 0.6) is 0 Å². The van der Waals surface area contributed by atoms with Crippen molar-refractivity contribution in [3.63, 3.8) is 0 Å². The highest BCUT2D eigenvalue weighted by Gasteiger charge is 2.22. The van der Waals surface area contributed by atoms with E-state index in [2.05, 4.69) is 4.90 Å². The zero-order chi connectivity index (χ0) is 12.0. The zero-order valence-electron chi connectivity index (χ0n) is 10.1. The number of aliphatic hydroxyl groups is 1. The Morgan fingerprint density at radius 3 is 2.75 bits per heavy atom. The van der Waals surface area contributed by atoms with Crippen molar-refractivity contribution in [3.8, 4) is 0 Å². The molecule has 16 heavy (non-hydrogen) atoms. The number of hydrogen-bond acceptors (Lipinski definition) is 4. The zero-order valence-corrected chi connectivity index (χ0v) is 10.9. The van der Waals surface area contributed by atoms with Gasteiger partial charge in [-0.3, -0.25) is 4.90 Å². The van der Waals surface area contributed by atoms with Crippen molar-refractivity contribution in [2.45, 2.75) is 38.6 Å². The Hall–Kier alpha value is -0.130. The van der Waals surface area contributed by atoms with Crippen LogP contribution in [0.3, 0.4) is 0 Å². The van der Waals surface area contributed by atoms with Crippen molar-refractivity contribution in [2.24, 2.45) is 0 Å². The van der Waals surface area contributed by atoms with Crippen LogP contribution in [0.2, 0.25) is 0 Å². The first-order valence-electron chi connectivity index (χ1n) is 6.14. The summed E-state index contributed by atoms with van der Waals surface area (Å²) in [6.45, 7) is 3.49. The smallest absolute Gasteiger partial charge is 0.151 e. The molecule has 1 aliphatic heterocycles. The lowest BCUT2D eigenvalue weighted by molar-refractivity contribution is 0.126. The van der Waals surface area contributed by atoms with Gasteiger partial charge in [-0.25, -0.2) is 8.42 Å². The topological polar surface area (TPSA) is 57.6 Å². The Morgan fingerprint density at radius 2 is 2.12 bits per heavy atom. The summed E-state index contributed by atoms with van der Waals surface area (Å²) in [6.07, 6.45) is 4.20. The van der Waals surface area contributed by atoms with Gasteiger partial charge in [0, 0.05) is 24.9 Å². The molecular formula is C11H23NO3S. The highest BCUT2D eigenvalue weighted by Crippen LogP contribution is 2.19. The largest absolute Gasteiger partial charge is 0.396 e. The number of hydrogen-bond donors (Lipinski definition) is 1. The first-order chi connectivity index (χ1) is 7.59. The van der Waals surface area contributed by atoms with E-state index in [1.807, 2.05) is 0 Å². The van der Waals surface area contributed by atoms with E-state index in [0.717, 1.165) is 25.8 Å². The van der Waals surface area contributed by atoms with Gasteiger partial charge in [-0.15, -0.1) is 0 Å². The lowest BCUT2D eigenvalue weighted by Crippen LogP contribution is -2.42. The van der Waals surface area contributed by atoms with E-state index >= 15 is 0 Å². The Kier molecular flexibility index (Phi) is 5.72. The minimum Gasteiger partial charge on any atom is -0.396 e. The summed E-state index contributed by atoms with van der Waals surface area (Å²) in [5.41, 5.74) is 0. The maximum Gasteiger partial charge on any atom is 0.151 e. The average molecular weight is 249 g/mol. The van der Waals surface area contributed by atoms with Gasteiger partial charge in [0.2, 0.25) is 0 Å². The molecule has 96 valence electrons. The predicted molar refractivity (Wildman–Crippen MR) is 65.2 cm³/mol. The van der Waals surface area contributed by atoms with E-state index in [9.17, 15) is 8.42 Å². The molecule has 0 aromatic heterocycles. The van der Waals surface area contributed by atoms with Gasteiger partial charge in [-0.2, -0.15) is 0 Å². The molecule has 1 saturated heterocycles. The van der Waals surface area contributed by atoms with Gasteiger partial charge in [-0.05, 0) is 25.8 Å². The molecule has 0 saturated carbocycles.